The number of amides is 1. The summed E-state index contributed by atoms with van der Waals surface area (Å²) in [7, 11) is 0. The molecule has 5 nitrogen and oxygen atoms in total. The van der Waals surface area contributed by atoms with Crippen molar-refractivity contribution in [1.29, 1.82) is 0 Å². The summed E-state index contributed by atoms with van der Waals surface area (Å²) in [5.74, 6) is 0.951. The van der Waals surface area contributed by atoms with Crippen LogP contribution in [0, 0.1) is 0 Å². The van der Waals surface area contributed by atoms with E-state index in [0.717, 1.165) is 49.6 Å². The number of carbonyl (C=O) groups excluding carboxylic acids is 1. The van der Waals surface area contributed by atoms with E-state index in [-0.39, 0.29) is 5.91 Å². The fraction of sp³-hybridized carbons (Fsp3) is 0.318. The third-order valence-electron chi connectivity index (χ3n) is 5.47. The molecule has 0 radical (unpaired) electrons. The van der Waals surface area contributed by atoms with Crippen LogP contribution < -0.4 is 15.0 Å². The number of piperazine rings is 1. The summed E-state index contributed by atoms with van der Waals surface area (Å²) in [5, 5.41) is 3.29. The Balaban J connectivity index is 1.50. The van der Waals surface area contributed by atoms with Gasteiger partial charge in [-0.05, 0) is 31.2 Å². The Morgan fingerprint density at radius 2 is 1.96 bits per heavy atom. The molecule has 1 N–H and O–H groups in total. The van der Waals surface area contributed by atoms with Crippen LogP contribution in [0.15, 0.2) is 51.8 Å². The lowest BCUT2D eigenvalue weighted by Crippen LogP contribution is -2.47. The first kappa shape index (κ1) is 17.6. The maximum absolute atomic E-state index is 12.9. The molecule has 2 aromatic rings. The number of hydrogen-bond donors (Lipinski definition) is 1. The van der Waals surface area contributed by atoms with E-state index in [4.69, 9.17) is 4.74 Å². The molecule has 144 valence electrons. The van der Waals surface area contributed by atoms with Crippen LogP contribution >= 0.6 is 11.8 Å². The molecular formula is C22H23N3O2S. The highest BCUT2D eigenvalue weighted by atomic mass is 32.2. The molecule has 3 aliphatic rings. The minimum absolute atomic E-state index is 0.0954. The standard InChI is InChI=1S/C22H23N3O2S/c1-2-25-17-5-3-4-6-20(17)28-21-12-15-11-16(14-27-19(15)13-18(21)25)22(26)24-9-7-23-8-10-24/h3-6,11-13,23H,2,7-10,14H2,1H3. The number of carbonyl (C=O) groups is 1. The summed E-state index contributed by atoms with van der Waals surface area (Å²) < 4.78 is 6.03. The predicted molar refractivity (Wildman–Crippen MR) is 113 cm³/mol. The maximum atomic E-state index is 12.9. The van der Waals surface area contributed by atoms with Crippen LogP contribution in [-0.4, -0.2) is 50.1 Å². The van der Waals surface area contributed by atoms with Gasteiger partial charge in [0.25, 0.3) is 5.91 Å². The Bertz CT molecular complexity index is 966. The Labute approximate surface area is 169 Å². The van der Waals surface area contributed by atoms with Gasteiger partial charge in [-0.25, -0.2) is 0 Å². The van der Waals surface area contributed by atoms with E-state index >= 15 is 0 Å². The number of anilines is 2. The van der Waals surface area contributed by atoms with E-state index in [9.17, 15) is 4.79 Å². The molecule has 1 amide bonds. The minimum atomic E-state index is 0.0954. The van der Waals surface area contributed by atoms with E-state index in [0.29, 0.717) is 6.61 Å². The molecule has 1 saturated heterocycles. The molecule has 0 unspecified atom stereocenters. The van der Waals surface area contributed by atoms with Crippen molar-refractivity contribution < 1.29 is 9.53 Å². The van der Waals surface area contributed by atoms with Crippen LogP contribution in [-0.2, 0) is 4.79 Å². The number of benzene rings is 2. The summed E-state index contributed by atoms with van der Waals surface area (Å²) >= 11 is 1.78. The van der Waals surface area contributed by atoms with Crippen LogP contribution in [0.1, 0.15) is 12.5 Å². The second-order valence-corrected chi connectivity index (χ2v) is 8.26. The van der Waals surface area contributed by atoms with Gasteiger partial charge in [-0.1, -0.05) is 23.9 Å². The van der Waals surface area contributed by atoms with Crippen LogP contribution in [0.4, 0.5) is 11.4 Å². The Morgan fingerprint density at radius 3 is 2.79 bits per heavy atom. The summed E-state index contributed by atoms with van der Waals surface area (Å²) in [6.07, 6.45) is 2.01. The summed E-state index contributed by atoms with van der Waals surface area (Å²) in [4.78, 5) is 19.6. The zero-order chi connectivity index (χ0) is 19.1. The summed E-state index contributed by atoms with van der Waals surface area (Å²) in [6, 6.07) is 12.8. The maximum Gasteiger partial charge on any atom is 0.253 e. The van der Waals surface area contributed by atoms with Gasteiger partial charge < -0.3 is 19.9 Å². The normalized spacial score (nSPS) is 17.8. The molecule has 0 saturated carbocycles. The zero-order valence-electron chi connectivity index (χ0n) is 15.9. The second-order valence-electron chi connectivity index (χ2n) is 7.17. The Hall–Kier alpha value is -2.44. The van der Waals surface area contributed by atoms with Crippen molar-refractivity contribution in [1.82, 2.24) is 10.2 Å². The molecule has 6 heteroatoms. The van der Waals surface area contributed by atoms with Gasteiger partial charge >= 0.3 is 0 Å². The molecule has 0 spiro atoms. The largest absolute Gasteiger partial charge is 0.488 e. The first-order valence-electron chi connectivity index (χ1n) is 9.80. The fourth-order valence-corrected chi connectivity index (χ4v) is 5.16. The molecule has 0 bridgehead atoms. The quantitative estimate of drug-likeness (QED) is 0.846. The third-order valence-corrected chi connectivity index (χ3v) is 6.58. The monoisotopic (exact) mass is 393 g/mol. The number of para-hydroxylation sites is 1. The molecule has 0 aliphatic carbocycles. The molecule has 0 atom stereocenters. The summed E-state index contributed by atoms with van der Waals surface area (Å²) in [6.45, 7) is 6.62. The average Bonchev–Trinajstić information content (AvgIpc) is 2.75. The predicted octanol–water partition coefficient (Wildman–Crippen LogP) is 3.52. The molecular weight excluding hydrogens is 370 g/mol. The van der Waals surface area contributed by atoms with Crippen LogP contribution in [0.3, 0.4) is 0 Å². The summed E-state index contributed by atoms with van der Waals surface area (Å²) in [5.41, 5.74) is 4.15. The molecule has 28 heavy (non-hydrogen) atoms. The Morgan fingerprint density at radius 1 is 1.14 bits per heavy atom. The average molecular weight is 394 g/mol. The van der Waals surface area contributed by atoms with Gasteiger partial charge in [0.2, 0.25) is 0 Å². The van der Waals surface area contributed by atoms with Gasteiger partial charge in [-0.2, -0.15) is 0 Å². The van der Waals surface area contributed by atoms with Crippen molar-refractivity contribution in [2.75, 3.05) is 44.2 Å². The molecule has 0 aromatic heterocycles. The van der Waals surface area contributed by atoms with E-state index < -0.39 is 0 Å². The number of fused-ring (bicyclic) bond motifs is 3. The van der Waals surface area contributed by atoms with E-state index in [1.807, 2.05) is 11.0 Å². The van der Waals surface area contributed by atoms with Gasteiger partial charge in [0.05, 0.1) is 16.9 Å². The van der Waals surface area contributed by atoms with E-state index in [1.54, 1.807) is 11.8 Å². The number of nitrogens with zero attached hydrogens (tertiary/aromatic N) is 2. The molecule has 2 aromatic carbocycles. The molecule has 5 rings (SSSR count). The molecule has 3 aliphatic heterocycles. The number of nitrogens with one attached hydrogen (secondary N) is 1. The lowest BCUT2D eigenvalue weighted by atomic mass is 10.0. The third kappa shape index (κ3) is 2.97. The number of hydrogen-bond acceptors (Lipinski definition) is 5. The SMILES string of the molecule is CCN1c2ccccc2Sc2cc3c(cc21)OCC(C(=O)N1CCNCC1)=C3. The van der Waals surface area contributed by atoms with Gasteiger partial charge in [-0.15, -0.1) is 0 Å². The minimum Gasteiger partial charge on any atom is -0.488 e. The molecule has 3 heterocycles. The van der Waals surface area contributed by atoms with Crippen LogP contribution in [0.2, 0.25) is 0 Å². The van der Waals surface area contributed by atoms with Crippen molar-refractivity contribution in [3.8, 4) is 5.75 Å². The van der Waals surface area contributed by atoms with Crippen LogP contribution in [0.25, 0.3) is 6.08 Å². The first-order chi connectivity index (χ1) is 13.7. The van der Waals surface area contributed by atoms with E-state index in [2.05, 4.69) is 53.5 Å². The first-order valence-corrected chi connectivity index (χ1v) is 10.6. The lowest BCUT2D eigenvalue weighted by Gasteiger charge is -2.33. The highest BCUT2D eigenvalue weighted by Crippen LogP contribution is 2.50. The van der Waals surface area contributed by atoms with Crippen molar-refractivity contribution in [3.63, 3.8) is 0 Å². The van der Waals surface area contributed by atoms with Gasteiger partial charge in [0, 0.05) is 54.1 Å². The highest BCUT2D eigenvalue weighted by Gasteiger charge is 2.27. The number of ether oxygens (including phenoxy) is 1. The zero-order valence-corrected chi connectivity index (χ0v) is 16.7. The van der Waals surface area contributed by atoms with Crippen molar-refractivity contribution in [2.45, 2.75) is 16.7 Å². The second kappa shape index (κ2) is 7.18. The number of rotatable bonds is 2. The fourth-order valence-electron chi connectivity index (χ4n) is 4.03. The van der Waals surface area contributed by atoms with Gasteiger partial charge in [0.1, 0.15) is 12.4 Å². The van der Waals surface area contributed by atoms with Gasteiger partial charge in [-0.3, -0.25) is 4.79 Å². The van der Waals surface area contributed by atoms with Crippen molar-refractivity contribution in [3.05, 3.63) is 47.5 Å². The topological polar surface area (TPSA) is 44.8 Å². The highest BCUT2D eigenvalue weighted by molar-refractivity contribution is 7.99. The van der Waals surface area contributed by atoms with Crippen LogP contribution in [0.5, 0.6) is 5.75 Å². The van der Waals surface area contributed by atoms with Crippen molar-refractivity contribution >= 4 is 35.1 Å². The van der Waals surface area contributed by atoms with Gasteiger partial charge in [0.15, 0.2) is 0 Å². The molecule has 1 fully saturated rings. The van der Waals surface area contributed by atoms with Crippen molar-refractivity contribution in [2.24, 2.45) is 0 Å². The van der Waals surface area contributed by atoms with E-state index in [1.165, 1.54) is 21.2 Å². The smallest absolute Gasteiger partial charge is 0.253 e. The lowest BCUT2D eigenvalue weighted by molar-refractivity contribution is -0.128. The Kier molecular flexibility index (Phi) is 4.53.